The van der Waals surface area contributed by atoms with Crippen molar-refractivity contribution < 1.29 is 14.3 Å². The standard InChI is InChI=1S/C24H28O3/c1-24(2,18-6-10-20(26-3)11-7-18)19-8-12-21(13-9-19)27-23(25)22-15-16-4-5-17(22)14-16/h6-13,16-17,22H,4-5,14-15H2,1-3H3. The summed E-state index contributed by atoms with van der Waals surface area (Å²) in [6, 6.07) is 16.1. The van der Waals surface area contributed by atoms with Gasteiger partial charge >= 0.3 is 5.97 Å². The van der Waals surface area contributed by atoms with Crippen LogP contribution in [0.2, 0.25) is 0 Å². The molecule has 3 unspecified atom stereocenters. The van der Waals surface area contributed by atoms with E-state index in [9.17, 15) is 4.79 Å². The Hall–Kier alpha value is -2.29. The first-order chi connectivity index (χ1) is 13.0. The minimum atomic E-state index is -0.139. The van der Waals surface area contributed by atoms with E-state index in [4.69, 9.17) is 9.47 Å². The fourth-order valence-corrected chi connectivity index (χ4v) is 4.84. The number of ether oxygens (including phenoxy) is 2. The third-order valence-corrected chi connectivity index (χ3v) is 6.65. The van der Waals surface area contributed by atoms with Crippen molar-refractivity contribution in [3.05, 3.63) is 59.7 Å². The highest BCUT2D eigenvalue weighted by Gasteiger charge is 2.44. The Morgan fingerprint density at radius 3 is 1.96 bits per heavy atom. The summed E-state index contributed by atoms with van der Waals surface area (Å²) in [7, 11) is 1.68. The quantitative estimate of drug-likeness (QED) is 0.529. The van der Waals surface area contributed by atoms with Gasteiger partial charge in [0.25, 0.3) is 0 Å². The largest absolute Gasteiger partial charge is 0.497 e. The number of esters is 1. The fourth-order valence-electron chi connectivity index (χ4n) is 4.84. The molecule has 2 bridgehead atoms. The monoisotopic (exact) mass is 364 g/mol. The van der Waals surface area contributed by atoms with Crippen LogP contribution >= 0.6 is 0 Å². The van der Waals surface area contributed by atoms with Crippen molar-refractivity contribution in [3.63, 3.8) is 0 Å². The molecule has 0 N–H and O–H groups in total. The van der Waals surface area contributed by atoms with E-state index in [0.29, 0.717) is 11.7 Å². The van der Waals surface area contributed by atoms with E-state index in [-0.39, 0.29) is 17.3 Å². The average molecular weight is 364 g/mol. The molecule has 142 valence electrons. The fraction of sp³-hybridized carbons (Fsp3) is 0.458. The number of carbonyl (C=O) groups excluding carboxylic acids is 1. The van der Waals surface area contributed by atoms with Crippen molar-refractivity contribution in [1.82, 2.24) is 0 Å². The number of carbonyl (C=O) groups is 1. The number of hydrogen-bond acceptors (Lipinski definition) is 3. The first kappa shape index (κ1) is 18.1. The molecule has 27 heavy (non-hydrogen) atoms. The number of methoxy groups -OCH3 is 1. The van der Waals surface area contributed by atoms with Crippen molar-refractivity contribution in [2.75, 3.05) is 7.11 Å². The topological polar surface area (TPSA) is 35.5 Å². The van der Waals surface area contributed by atoms with Gasteiger partial charge in [-0.05, 0) is 66.5 Å². The lowest BCUT2D eigenvalue weighted by Gasteiger charge is -2.26. The molecule has 0 aliphatic heterocycles. The molecule has 3 nitrogen and oxygen atoms in total. The third-order valence-electron chi connectivity index (χ3n) is 6.65. The van der Waals surface area contributed by atoms with Crippen LogP contribution in [-0.4, -0.2) is 13.1 Å². The number of hydrogen-bond donors (Lipinski definition) is 0. The molecule has 2 aromatic rings. The number of benzene rings is 2. The number of fused-ring (bicyclic) bond motifs is 2. The molecular weight excluding hydrogens is 336 g/mol. The predicted molar refractivity (Wildman–Crippen MR) is 106 cm³/mol. The molecule has 2 aromatic carbocycles. The van der Waals surface area contributed by atoms with Crippen LogP contribution in [0.15, 0.2) is 48.5 Å². The summed E-state index contributed by atoms with van der Waals surface area (Å²) in [4.78, 5) is 12.5. The van der Waals surface area contributed by atoms with Crippen LogP contribution in [0.5, 0.6) is 11.5 Å². The third kappa shape index (κ3) is 3.47. The van der Waals surface area contributed by atoms with Crippen molar-refractivity contribution in [1.29, 1.82) is 0 Å². The normalized spacial score (nSPS) is 24.0. The molecular formula is C24H28O3. The Kier molecular flexibility index (Phi) is 4.71. The summed E-state index contributed by atoms with van der Waals surface area (Å²) in [6.45, 7) is 4.40. The Morgan fingerprint density at radius 2 is 1.48 bits per heavy atom. The van der Waals surface area contributed by atoms with E-state index in [0.717, 1.165) is 18.1 Å². The van der Waals surface area contributed by atoms with Gasteiger partial charge in [-0.2, -0.15) is 0 Å². The molecule has 0 amide bonds. The SMILES string of the molecule is COc1ccc(C(C)(C)c2ccc(OC(=O)C3CC4CCC3C4)cc2)cc1. The summed E-state index contributed by atoms with van der Waals surface area (Å²) in [5.74, 6) is 2.88. The Labute approximate surface area is 161 Å². The summed E-state index contributed by atoms with van der Waals surface area (Å²) >= 11 is 0. The Morgan fingerprint density at radius 1 is 0.889 bits per heavy atom. The maximum atomic E-state index is 12.5. The smallest absolute Gasteiger partial charge is 0.314 e. The molecule has 4 rings (SSSR count). The van der Waals surface area contributed by atoms with Gasteiger partial charge in [-0.1, -0.05) is 44.5 Å². The van der Waals surface area contributed by atoms with Crippen LogP contribution in [0, 0.1) is 17.8 Å². The van der Waals surface area contributed by atoms with Gasteiger partial charge in [0.1, 0.15) is 11.5 Å². The summed E-state index contributed by atoms with van der Waals surface area (Å²) < 4.78 is 11.0. The summed E-state index contributed by atoms with van der Waals surface area (Å²) in [6.07, 6.45) is 4.73. The molecule has 2 saturated carbocycles. The molecule has 2 aliphatic rings. The van der Waals surface area contributed by atoms with Gasteiger partial charge in [-0.3, -0.25) is 4.79 Å². The minimum absolute atomic E-state index is 0.0376. The van der Waals surface area contributed by atoms with Gasteiger partial charge in [0, 0.05) is 5.41 Å². The van der Waals surface area contributed by atoms with Crippen molar-refractivity contribution in [2.45, 2.75) is 44.9 Å². The van der Waals surface area contributed by atoms with Gasteiger partial charge < -0.3 is 9.47 Å². The molecule has 2 aliphatic carbocycles. The van der Waals surface area contributed by atoms with Gasteiger partial charge in [0.05, 0.1) is 13.0 Å². The average Bonchev–Trinajstić information content (AvgIpc) is 3.32. The highest BCUT2D eigenvalue weighted by atomic mass is 16.5. The molecule has 3 atom stereocenters. The van der Waals surface area contributed by atoms with E-state index in [1.54, 1.807) is 7.11 Å². The van der Waals surface area contributed by atoms with Crippen molar-refractivity contribution >= 4 is 5.97 Å². The molecule has 0 aromatic heterocycles. The second kappa shape index (κ2) is 7.03. The second-order valence-corrected chi connectivity index (χ2v) is 8.58. The Balaban J connectivity index is 1.45. The second-order valence-electron chi connectivity index (χ2n) is 8.58. The van der Waals surface area contributed by atoms with E-state index >= 15 is 0 Å². The minimum Gasteiger partial charge on any atom is -0.497 e. The first-order valence-corrected chi connectivity index (χ1v) is 9.94. The van der Waals surface area contributed by atoms with Gasteiger partial charge in [0.2, 0.25) is 0 Å². The van der Waals surface area contributed by atoms with Gasteiger partial charge in [-0.25, -0.2) is 0 Å². The molecule has 3 heteroatoms. The van der Waals surface area contributed by atoms with E-state index in [2.05, 4.69) is 38.1 Å². The Bertz CT molecular complexity index is 805. The summed E-state index contributed by atoms with van der Waals surface area (Å²) in [5, 5.41) is 0. The maximum Gasteiger partial charge on any atom is 0.314 e. The highest BCUT2D eigenvalue weighted by Crippen LogP contribution is 2.48. The molecule has 0 heterocycles. The predicted octanol–water partition coefficient (Wildman–Crippen LogP) is 5.36. The number of rotatable bonds is 5. The van der Waals surface area contributed by atoms with E-state index in [1.165, 1.54) is 30.4 Å². The highest BCUT2D eigenvalue weighted by molar-refractivity contribution is 5.76. The van der Waals surface area contributed by atoms with Crippen LogP contribution < -0.4 is 9.47 Å². The maximum absolute atomic E-state index is 12.5. The molecule has 0 saturated heterocycles. The van der Waals surface area contributed by atoms with E-state index in [1.807, 2.05) is 24.3 Å². The van der Waals surface area contributed by atoms with E-state index < -0.39 is 0 Å². The van der Waals surface area contributed by atoms with Gasteiger partial charge in [0.15, 0.2) is 0 Å². The van der Waals surface area contributed by atoms with Crippen molar-refractivity contribution in [2.24, 2.45) is 17.8 Å². The first-order valence-electron chi connectivity index (χ1n) is 9.94. The van der Waals surface area contributed by atoms with Crippen LogP contribution in [0.4, 0.5) is 0 Å². The van der Waals surface area contributed by atoms with Crippen LogP contribution in [0.3, 0.4) is 0 Å². The van der Waals surface area contributed by atoms with Crippen LogP contribution in [-0.2, 0) is 10.2 Å². The lowest BCUT2D eigenvalue weighted by molar-refractivity contribution is -0.140. The van der Waals surface area contributed by atoms with Gasteiger partial charge in [-0.15, -0.1) is 0 Å². The molecule has 0 spiro atoms. The zero-order chi connectivity index (χ0) is 19.0. The van der Waals surface area contributed by atoms with Crippen LogP contribution in [0.1, 0.15) is 50.7 Å². The zero-order valence-electron chi connectivity index (χ0n) is 16.4. The lowest BCUT2D eigenvalue weighted by atomic mass is 9.78. The van der Waals surface area contributed by atoms with Crippen LogP contribution in [0.25, 0.3) is 0 Å². The zero-order valence-corrected chi connectivity index (χ0v) is 16.4. The molecule has 2 fully saturated rings. The summed E-state index contributed by atoms with van der Waals surface area (Å²) in [5.41, 5.74) is 2.27. The van der Waals surface area contributed by atoms with Crippen molar-refractivity contribution in [3.8, 4) is 11.5 Å². The molecule has 0 radical (unpaired) electrons. The lowest BCUT2D eigenvalue weighted by Crippen LogP contribution is -2.25.